The van der Waals surface area contributed by atoms with E-state index in [1.54, 1.807) is 0 Å². The van der Waals surface area contributed by atoms with Gasteiger partial charge < -0.3 is 10.2 Å². The summed E-state index contributed by atoms with van der Waals surface area (Å²) in [5.41, 5.74) is 1.35. The molecule has 6 nitrogen and oxygen atoms in total. The molecule has 1 aliphatic rings. The van der Waals surface area contributed by atoms with Gasteiger partial charge in [-0.2, -0.15) is 0 Å². The quantitative estimate of drug-likeness (QED) is 0.906. The third-order valence-electron chi connectivity index (χ3n) is 4.37. The van der Waals surface area contributed by atoms with Crippen LogP contribution in [0.25, 0.3) is 0 Å². The Hall–Kier alpha value is -2.47. The molecule has 0 unspecified atom stereocenters. The first-order chi connectivity index (χ1) is 12.1. The van der Waals surface area contributed by atoms with Gasteiger partial charge in [0.2, 0.25) is 5.91 Å². The number of hydrogen-bond acceptors (Lipinski definition) is 5. The molecule has 1 aliphatic heterocycles. The minimum Gasteiger partial charge on any atom is -0.353 e. The molecule has 1 fully saturated rings. The van der Waals surface area contributed by atoms with E-state index >= 15 is 0 Å². The zero-order chi connectivity index (χ0) is 17.6. The predicted molar refractivity (Wildman–Crippen MR) is 99.4 cm³/mol. The molecule has 25 heavy (non-hydrogen) atoms. The van der Waals surface area contributed by atoms with Crippen molar-refractivity contribution in [2.45, 2.75) is 20.4 Å². The average molecular weight is 339 g/mol. The number of carbonyl (C=O) groups is 1. The average Bonchev–Trinajstić information content (AvgIpc) is 2.64. The lowest BCUT2D eigenvalue weighted by molar-refractivity contribution is -0.118. The fourth-order valence-electron chi connectivity index (χ4n) is 2.81. The number of nitrogens with zero attached hydrogens (tertiary/aromatic N) is 4. The maximum absolute atomic E-state index is 11.7. The molecule has 2 heterocycles. The SMILES string of the molecule is CC(C)C(=O)Nc1ccc(N2CCN(Cc3ccccc3)CC2)nn1. The number of hydrogen-bond donors (Lipinski definition) is 1. The minimum absolute atomic E-state index is 0.0448. The van der Waals surface area contributed by atoms with Crippen LogP contribution in [0.15, 0.2) is 42.5 Å². The number of rotatable bonds is 5. The summed E-state index contributed by atoms with van der Waals surface area (Å²) in [7, 11) is 0. The lowest BCUT2D eigenvalue weighted by atomic mass is 10.2. The first-order valence-corrected chi connectivity index (χ1v) is 8.77. The number of amides is 1. The van der Waals surface area contributed by atoms with E-state index in [2.05, 4.69) is 49.6 Å². The molecule has 0 aliphatic carbocycles. The fraction of sp³-hybridized carbons (Fsp3) is 0.421. The van der Waals surface area contributed by atoms with Crippen molar-refractivity contribution in [1.29, 1.82) is 0 Å². The van der Waals surface area contributed by atoms with E-state index in [9.17, 15) is 4.79 Å². The van der Waals surface area contributed by atoms with E-state index in [1.165, 1.54) is 5.56 Å². The first kappa shape index (κ1) is 17.4. The Balaban J connectivity index is 1.51. The van der Waals surface area contributed by atoms with E-state index in [0.717, 1.165) is 38.5 Å². The Labute approximate surface area is 148 Å². The molecule has 1 aromatic heterocycles. The number of aromatic nitrogens is 2. The molecule has 1 N–H and O–H groups in total. The van der Waals surface area contributed by atoms with Crippen LogP contribution in [-0.2, 0) is 11.3 Å². The van der Waals surface area contributed by atoms with Gasteiger partial charge in [0.1, 0.15) is 0 Å². The molecule has 2 aromatic rings. The van der Waals surface area contributed by atoms with Crippen molar-refractivity contribution in [2.24, 2.45) is 5.92 Å². The van der Waals surface area contributed by atoms with Crippen molar-refractivity contribution >= 4 is 17.5 Å². The second-order valence-corrected chi connectivity index (χ2v) is 6.67. The van der Waals surface area contributed by atoms with Crippen LogP contribution in [0.5, 0.6) is 0 Å². The zero-order valence-corrected chi connectivity index (χ0v) is 14.9. The van der Waals surface area contributed by atoms with Crippen LogP contribution in [0.4, 0.5) is 11.6 Å². The van der Waals surface area contributed by atoms with Gasteiger partial charge >= 0.3 is 0 Å². The van der Waals surface area contributed by atoms with Crippen LogP contribution in [0.2, 0.25) is 0 Å². The third kappa shape index (κ3) is 4.76. The molecule has 6 heteroatoms. The van der Waals surface area contributed by atoms with Gasteiger partial charge in [-0.3, -0.25) is 9.69 Å². The van der Waals surface area contributed by atoms with Gasteiger partial charge in [0.25, 0.3) is 0 Å². The minimum atomic E-state index is -0.0702. The highest BCUT2D eigenvalue weighted by molar-refractivity contribution is 5.91. The fourth-order valence-corrected chi connectivity index (χ4v) is 2.81. The lowest BCUT2D eigenvalue weighted by Gasteiger charge is -2.35. The second kappa shape index (κ2) is 8.07. The Bertz CT molecular complexity index is 679. The number of carbonyl (C=O) groups excluding carboxylic acids is 1. The second-order valence-electron chi connectivity index (χ2n) is 6.67. The summed E-state index contributed by atoms with van der Waals surface area (Å²) in [6, 6.07) is 14.3. The van der Waals surface area contributed by atoms with E-state index in [-0.39, 0.29) is 11.8 Å². The normalized spacial score (nSPS) is 15.4. The van der Waals surface area contributed by atoms with Crippen molar-refractivity contribution in [1.82, 2.24) is 15.1 Å². The number of piperazine rings is 1. The standard InChI is InChI=1S/C19H25N5O/c1-15(2)19(25)20-17-8-9-18(22-21-17)24-12-10-23(11-13-24)14-16-6-4-3-5-7-16/h3-9,15H,10-14H2,1-2H3,(H,20,21,25). The maximum Gasteiger partial charge on any atom is 0.228 e. The van der Waals surface area contributed by atoms with E-state index in [0.29, 0.717) is 5.82 Å². The molecule has 0 bridgehead atoms. The van der Waals surface area contributed by atoms with Gasteiger partial charge in [0.05, 0.1) is 0 Å². The summed E-state index contributed by atoms with van der Waals surface area (Å²) < 4.78 is 0. The summed E-state index contributed by atoms with van der Waals surface area (Å²) in [5, 5.41) is 11.2. The summed E-state index contributed by atoms with van der Waals surface area (Å²) in [4.78, 5) is 16.4. The number of nitrogens with one attached hydrogen (secondary N) is 1. The monoisotopic (exact) mass is 339 g/mol. The van der Waals surface area contributed by atoms with Crippen LogP contribution >= 0.6 is 0 Å². The first-order valence-electron chi connectivity index (χ1n) is 8.77. The van der Waals surface area contributed by atoms with Gasteiger partial charge in [-0.1, -0.05) is 44.2 Å². The van der Waals surface area contributed by atoms with Crippen molar-refractivity contribution in [3.63, 3.8) is 0 Å². The van der Waals surface area contributed by atoms with E-state index in [1.807, 2.05) is 32.0 Å². The molecule has 1 aromatic carbocycles. The molecular weight excluding hydrogens is 314 g/mol. The van der Waals surface area contributed by atoms with Gasteiger partial charge in [-0.15, -0.1) is 10.2 Å². The molecule has 3 rings (SSSR count). The van der Waals surface area contributed by atoms with Crippen molar-refractivity contribution < 1.29 is 4.79 Å². The Kier molecular flexibility index (Phi) is 5.60. The molecule has 1 saturated heterocycles. The molecule has 0 spiro atoms. The van der Waals surface area contributed by atoms with Crippen LogP contribution in [-0.4, -0.2) is 47.2 Å². The molecular formula is C19H25N5O. The summed E-state index contributed by atoms with van der Waals surface area (Å²) in [6.45, 7) is 8.56. The lowest BCUT2D eigenvalue weighted by Crippen LogP contribution is -2.46. The van der Waals surface area contributed by atoms with Gasteiger partial charge in [-0.05, 0) is 17.7 Å². The number of anilines is 2. The topological polar surface area (TPSA) is 61.4 Å². The third-order valence-corrected chi connectivity index (χ3v) is 4.37. The molecule has 0 radical (unpaired) electrons. The van der Waals surface area contributed by atoms with Crippen LogP contribution in [0.3, 0.4) is 0 Å². The maximum atomic E-state index is 11.7. The Morgan fingerprint density at radius 3 is 2.36 bits per heavy atom. The summed E-state index contributed by atoms with van der Waals surface area (Å²) in [5.74, 6) is 1.25. The highest BCUT2D eigenvalue weighted by Crippen LogP contribution is 2.16. The van der Waals surface area contributed by atoms with Crippen LogP contribution in [0, 0.1) is 5.92 Å². The summed E-state index contributed by atoms with van der Waals surface area (Å²) in [6.07, 6.45) is 0. The van der Waals surface area contributed by atoms with Crippen molar-refractivity contribution in [3.05, 3.63) is 48.0 Å². The smallest absolute Gasteiger partial charge is 0.228 e. The van der Waals surface area contributed by atoms with Gasteiger partial charge in [0, 0.05) is 38.6 Å². The summed E-state index contributed by atoms with van der Waals surface area (Å²) >= 11 is 0. The molecule has 0 atom stereocenters. The van der Waals surface area contributed by atoms with Crippen LogP contribution < -0.4 is 10.2 Å². The zero-order valence-electron chi connectivity index (χ0n) is 14.9. The van der Waals surface area contributed by atoms with E-state index < -0.39 is 0 Å². The Morgan fingerprint density at radius 2 is 1.76 bits per heavy atom. The van der Waals surface area contributed by atoms with Gasteiger partial charge in [0.15, 0.2) is 11.6 Å². The predicted octanol–water partition coefficient (Wildman–Crippen LogP) is 2.39. The number of benzene rings is 1. The molecule has 1 amide bonds. The van der Waals surface area contributed by atoms with Crippen molar-refractivity contribution in [2.75, 3.05) is 36.4 Å². The largest absolute Gasteiger partial charge is 0.353 e. The Morgan fingerprint density at radius 1 is 1.04 bits per heavy atom. The van der Waals surface area contributed by atoms with Crippen LogP contribution in [0.1, 0.15) is 19.4 Å². The highest BCUT2D eigenvalue weighted by atomic mass is 16.1. The highest BCUT2D eigenvalue weighted by Gasteiger charge is 2.18. The van der Waals surface area contributed by atoms with E-state index in [4.69, 9.17) is 0 Å². The molecule has 0 saturated carbocycles. The van der Waals surface area contributed by atoms with Gasteiger partial charge in [-0.25, -0.2) is 0 Å². The van der Waals surface area contributed by atoms with Crippen molar-refractivity contribution in [3.8, 4) is 0 Å². The molecule has 132 valence electrons.